The lowest BCUT2D eigenvalue weighted by Gasteiger charge is -2.13. The number of anilines is 2. The van der Waals surface area contributed by atoms with Crippen molar-refractivity contribution in [2.24, 2.45) is 0 Å². The molecule has 11 heteroatoms. The number of carbonyl (C=O) groups excluding carboxylic acids is 1. The number of aryl methyl sites for hydroxylation is 1. The molecule has 196 valence electrons. The number of rotatable bonds is 10. The summed E-state index contributed by atoms with van der Waals surface area (Å²) in [7, 11) is -2.31. The molecule has 0 spiro atoms. The van der Waals surface area contributed by atoms with E-state index in [9.17, 15) is 13.2 Å². The van der Waals surface area contributed by atoms with Crippen LogP contribution in [0.2, 0.25) is 0 Å². The molecule has 0 unspecified atom stereocenters. The Hall–Kier alpha value is -4.09. The smallest absolute Gasteiger partial charge is 0.263 e. The molecule has 0 aliphatic rings. The van der Waals surface area contributed by atoms with Crippen molar-refractivity contribution in [2.75, 3.05) is 17.1 Å². The maximum atomic E-state index is 12.5. The summed E-state index contributed by atoms with van der Waals surface area (Å²) >= 11 is 3.52. The van der Waals surface area contributed by atoms with Gasteiger partial charge in [0, 0.05) is 17.8 Å². The van der Waals surface area contributed by atoms with Crippen molar-refractivity contribution in [3.05, 3.63) is 100 Å². The first-order chi connectivity index (χ1) is 18.2. The number of sulfonamides is 1. The van der Waals surface area contributed by atoms with Crippen LogP contribution in [0.5, 0.6) is 11.5 Å². The van der Waals surface area contributed by atoms with E-state index in [1.165, 1.54) is 36.4 Å². The quantitative estimate of drug-likeness (QED) is 0.222. The largest absolute Gasteiger partial charge is 0.493 e. The molecule has 1 aromatic heterocycles. The number of hydrogen-bond acceptors (Lipinski definition) is 7. The minimum absolute atomic E-state index is 0.0122. The van der Waals surface area contributed by atoms with Gasteiger partial charge in [0.1, 0.15) is 12.4 Å². The van der Waals surface area contributed by atoms with E-state index < -0.39 is 15.9 Å². The van der Waals surface area contributed by atoms with E-state index in [2.05, 4.69) is 31.1 Å². The van der Waals surface area contributed by atoms with E-state index in [0.29, 0.717) is 39.6 Å². The lowest BCUT2D eigenvalue weighted by atomic mass is 10.2. The first-order valence-electron chi connectivity index (χ1n) is 11.3. The Morgan fingerprint density at radius 2 is 1.82 bits per heavy atom. The van der Waals surface area contributed by atoms with Gasteiger partial charge in [-0.3, -0.25) is 9.52 Å². The molecule has 0 saturated carbocycles. The summed E-state index contributed by atoms with van der Waals surface area (Å²) in [6, 6.07) is 20.6. The number of aromatic nitrogens is 1. The minimum atomic E-state index is -3.85. The summed E-state index contributed by atoms with van der Waals surface area (Å²) in [6.07, 6.45) is 3.00. The first-order valence-corrected chi connectivity index (χ1v) is 13.6. The molecule has 0 radical (unpaired) electrons. The Labute approximate surface area is 228 Å². The van der Waals surface area contributed by atoms with Gasteiger partial charge >= 0.3 is 0 Å². The molecule has 38 heavy (non-hydrogen) atoms. The molecular weight excluding hydrogens is 574 g/mol. The third kappa shape index (κ3) is 7.02. The summed E-state index contributed by atoms with van der Waals surface area (Å²) in [5.74, 6) is 1.25. The summed E-state index contributed by atoms with van der Waals surface area (Å²) < 4.78 is 44.3. The number of hydrogen-bond donors (Lipinski definition) is 2. The van der Waals surface area contributed by atoms with Crippen LogP contribution >= 0.6 is 15.9 Å². The molecule has 9 nitrogen and oxygen atoms in total. The van der Waals surface area contributed by atoms with E-state index in [0.717, 1.165) is 5.56 Å². The van der Waals surface area contributed by atoms with Crippen molar-refractivity contribution < 1.29 is 27.2 Å². The van der Waals surface area contributed by atoms with Gasteiger partial charge in [0.15, 0.2) is 17.3 Å². The minimum Gasteiger partial charge on any atom is -0.493 e. The van der Waals surface area contributed by atoms with Gasteiger partial charge in [-0.1, -0.05) is 35.5 Å². The van der Waals surface area contributed by atoms with Gasteiger partial charge in [0.25, 0.3) is 10.0 Å². The van der Waals surface area contributed by atoms with Crippen LogP contribution in [0.15, 0.2) is 92.8 Å². The SMILES string of the molecule is COc1cc(C=CC(=O)Nc2ccc(S(=O)(=O)Nc3cc(C)on3)cc2)cc(Br)c1OCc1ccccc1. The Bertz CT molecular complexity index is 1550. The Balaban J connectivity index is 1.38. The van der Waals surface area contributed by atoms with Crippen LogP contribution < -0.4 is 19.5 Å². The zero-order valence-electron chi connectivity index (χ0n) is 20.5. The number of ether oxygens (including phenoxy) is 2. The molecule has 3 aromatic carbocycles. The average molecular weight is 598 g/mol. The maximum Gasteiger partial charge on any atom is 0.263 e. The molecule has 0 aliphatic carbocycles. The van der Waals surface area contributed by atoms with Crippen LogP contribution in [0.3, 0.4) is 0 Å². The molecule has 1 heterocycles. The topological polar surface area (TPSA) is 120 Å². The van der Waals surface area contributed by atoms with Crippen LogP contribution in [0.4, 0.5) is 11.5 Å². The molecule has 2 N–H and O–H groups in total. The fourth-order valence-electron chi connectivity index (χ4n) is 3.39. The van der Waals surface area contributed by atoms with Crippen LogP contribution in [-0.4, -0.2) is 26.6 Å². The molecule has 0 aliphatic heterocycles. The summed E-state index contributed by atoms with van der Waals surface area (Å²) in [6.45, 7) is 2.03. The third-order valence-electron chi connectivity index (χ3n) is 5.20. The van der Waals surface area contributed by atoms with E-state index >= 15 is 0 Å². The number of benzene rings is 3. The van der Waals surface area contributed by atoms with E-state index in [4.69, 9.17) is 14.0 Å². The van der Waals surface area contributed by atoms with Crippen molar-refractivity contribution in [1.29, 1.82) is 0 Å². The third-order valence-corrected chi connectivity index (χ3v) is 7.16. The van der Waals surface area contributed by atoms with Crippen LogP contribution in [0.25, 0.3) is 6.08 Å². The predicted molar refractivity (Wildman–Crippen MR) is 148 cm³/mol. The van der Waals surface area contributed by atoms with E-state index in [1.54, 1.807) is 26.2 Å². The van der Waals surface area contributed by atoms with Crippen molar-refractivity contribution in [1.82, 2.24) is 5.16 Å². The van der Waals surface area contributed by atoms with Crippen LogP contribution in [0.1, 0.15) is 16.9 Å². The monoisotopic (exact) mass is 597 g/mol. The summed E-state index contributed by atoms with van der Waals surface area (Å²) in [5, 5.41) is 6.32. The molecule has 4 aromatic rings. The standard InChI is InChI=1S/C27H24BrN3O6S/c1-18-14-25(30-37-18)31-38(33,34)22-11-9-21(10-12-22)29-26(32)13-8-20-15-23(28)27(24(16-20)35-2)36-17-19-6-4-3-5-7-19/h3-16H,17H2,1-2H3,(H,29,32)(H,30,31). The van der Waals surface area contributed by atoms with E-state index in [-0.39, 0.29) is 10.7 Å². The lowest BCUT2D eigenvalue weighted by Crippen LogP contribution is -2.13. The molecule has 0 fully saturated rings. The zero-order valence-corrected chi connectivity index (χ0v) is 22.9. The number of amides is 1. The number of halogens is 1. The highest BCUT2D eigenvalue weighted by molar-refractivity contribution is 9.10. The van der Waals surface area contributed by atoms with Crippen LogP contribution in [-0.2, 0) is 21.4 Å². The highest BCUT2D eigenvalue weighted by Crippen LogP contribution is 2.37. The summed E-state index contributed by atoms with van der Waals surface area (Å²) in [4.78, 5) is 12.5. The number of methoxy groups -OCH3 is 1. The molecule has 0 bridgehead atoms. The fourth-order valence-corrected chi connectivity index (χ4v) is 4.95. The molecule has 4 rings (SSSR count). The van der Waals surface area contributed by atoms with Gasteiger partial charge in [-0.2, -0.15) is 0 Å². The maximum absolute atomic E-state index is 12.5. The van der Waals surface area contributed by atoms with Gasteiger partial charge in [-0.15, -0.1) is 0 Å². The van der Waals surface area contributed by atoms with Gasteiger partial charge in [0.2, 0.25) is 5.91 Å². The fraction of sp³-hybridized carbons (Fsp3) is 0.111. The normalized spacial score (nSPS) is 11.3. The second kappa shape index (κ2) is 12.0. The van der Waals surface area contributed by atoms with Crippen molar-refractivity contribution in [3.8, 4) is 11.5 Å². The van der Waals surface area contributed by atoms with Gasteiger partial charge in [0.05, 0.1) is 16.5 Å². The second-order valence-corrected chi connectivity index (χ2v) is 10.6. The van der Waals surface area contributed by atoms with Gasteiger partial charge in [-0.25, -0.2) is 8.42 Å². The second-order valence-electron chi connectivity index (χ2n) is 8.08. The van der Waals surface area contributed by atoms with Crippen molar-refractivity contribution in [2.45, 2.75) is 18.4 Å². The predicted octanol–water partition coefficient (Wildman–Crippen LogP) is 5.79. The highest BCUT2D eigenvalue weighted by atomic mass is 79.9. The average Bonchev–Trinajstić information content (AvgIpc) is 3.31. The first kappa shape index (κ1) is 27.0. The Kier molecular flexibility index (Phi) is 8.49. The molecule has 0 atom stereocenters. The highest BCUT2D eigenvalue weighted by Gasteiger charge is 2.16. The van der Waals surface area contributed by atoms with Gasteiger partial charge in [-0.05, 0) is 76.5 Å². The molecular formula is C27H24BrN3O6S. The van der Waals surface area contributed by atoms with Crippen molar-refractivity contribution in [3.63, 3.8) is 0 Å². The Morgan fingerprint density at radius 1 is 1.08 bits per heavy atom. The number of carbonyl (C=O) groups is 1. The molecule has 0 saturated heterocycles. The Morgan fingerprint density at radius 3 is 2.47 bits per heavy atom. The van der Waals surface area contributed by atoms with E-state index in [1.807, 2.05) is 36.4 Å². The van der Waals surface area contributed by atoms with Crippen molar-refractivity contribution >= 4 is 49.4 Å². The number of nitrogens with one attached hydrogen (secondary N) is 2. The molecule has 1 amide bonds. The lowest BCUT2D eigenvalue weighted by molar-refractivity contribution is -0.111. The summed E-state index contributed by atoms with van der Waals surface area (Å²) in [5.41, 5.74) is 2.17. The zero-order chi connectivity index (χ0) is 27.1. The van der Waals surface area contributed by atoms with Crippen LogP contribution in [0, 0.1) is 6.92 Å². The number of nitrogens with zero attached hydrogens (tertiary/aromatic N) is 1. The van der Waals surface area contributed by atoms with Gasteiger partial charge < -0.3 is 19.3 Å².